The van der Waals surface area contributed by atoms with Crippen LogP contribution >= 0.6 is 39.1 Å². The van der Waals surface area contributed by atoms with Crippen molar-refractivity contribution < 1.29 is 27.9 Å². The molecule has 2 N–H and O–H groups in total. The van der Waals surface area contributed by atoms with Gasteiger partial charge in [-0.2, -0.15) is 0 Å². The quantitative estimate of drug-likeness (QED) is 0.165. The highest BCUT2D eigenvalue weighted by Crippen LogP contribution is 2.29. The largest absolute Gasteiger partial charge is 0.467 e. The van der Waals surface area contributed by atoms with Gasteiger partial charge in [-0.25, -0.2) is 19.6 Å². The molecule has 200 valence electrons. The van der Waals surface area contributed by atoms with E-state index in [1.54, 1.807) is 37.6 Å². The van der Waals surface area contributed by atoms with Crippen LogP contribution in [-0.4, -0.2) is 36.1 Å². The van der Waals surface area contributed by atoms with Gasteiger partial charge in [-0.15, -0.1) is 0 Å². The highest BCUT2D eigenvalue weighted by Gasteiger charge is 2.18. The van der Waals surface area contributed by atoms with E-state index in [1.807, 2.05) is 18.2 Å². The lowest BCUT2D eigenvalue weighted by Gasteiger charge is -2.11. The summed E-state index contributed by atoms with van der Waals surface area (Å²) in [6.45, 7) is 2.74. The molecular weight excluding hydrogens is 603 g/mol. The number of carbonyl (C=O) groups excluding carboxylic acids is 2. The number of nitrogens with one attached hydrogen (secondary N) is 2. The van der Waals surface area contributed by atoms with Crippen LogP contribution in [0.4, 0.5) is 11.4 Å². The van der Waals surface area contributed by atoms with Crippen LogP contribution in [0, 0.1) is 6.92 Å². The van der Waals surface area contributed by atoms with E-state index in [0.29, 0.717) is 28.8 Å². The number of rotatable bonds is 8. The number of ether oxygens (including phenoxy) is 2. The molecule has 10 nitrogen and oxygen atoms in total. The van der Waals surface area contributed by atoms with Gasteiger partial charge in [0, 0.05) is 11.3 Å². The maximum Gasteiger partial charge on any atom is 0.357 e. The van der Waals surface area contributed by atoms with Crippen LogP contribution in [0.2, 0.25) is 10.3 Å². The number of nitrogens with zero attached hydrogens (tertiary/aromatic N) is 2. The number of methoxy groups -OCH3 is 2. The van der Waals surface area contributed by atoms with E-state index in [4.69, 9.17) is 32.0 Å². The lowest BCUT2D eigenvalue weighted by Crippen LogP contribution is -2.10. The molecule has 4 heterocycles. The van der Waals surface area contributed by atoms with Crippen molar-refractivity contribution in [1.82, 2.24) is 9.97 Å². The fourth-order valence-electron chi connectivity index (χ4n) is 3.11. The third-order valence-corrected chi connectivity index (χ3v) is 6.18. The van der Waals surface area contributed by atoms with Crippen molar-refractivity contribution in [2.45, 2.75) is 20.0 Å². The van der Waals surface area contributed by atoms with Crippen LogP contribution in [0.1, 0.15) is 38.1 Å². The molecule has 13 heteroatoms. The topological polar surface area (TPSA) is 129 Å². The Bertz CT molecular complexity index is 1280. The summed E-state index contributed by atoms with van der Waals surface area (Å²) in [5, 5.41) is 6.68. The fourth-order valence-corrected chi connectivity index (χ4v) is 4.00. The van der Waals surface area contributed by atoms with Crippen LogP contribution in [0.5, 0.6) is 0 Å². The molecule has 0 unspecified atom stereocenters. The van der Waals surface area contributed by atoms with E-state index in [2.05, 4.69) is 46.0 Å². The Hall–Kier alpha value is -3.54. The summed E-state index contributed by atoms with van der Waals surface area (Å²) in [6.07, 6.45) is 3.19. The van der Waals surface area contributed by atoms with Gasteiger partial charge in [0.05, 0.1) is 50.0 Å². The van der Waals surface area contributed by atoms with E-state index in [0.717, 1.165) is 17.2 Å². The first-order chi connectivity index (χ1) is 18.2. The van der Waals surface area contributed by atoms with Crippen molar-refractivity contribution in [2.24, 2.45) is 0 Å². The Morgan fingerprint density at radius 1 is 0.868 bits per heavy atom. The predicted octanol–water partition coefficient (Wildman–Crippen LogP) is 6.52. The Morgan fingerprint density at radius 2 is 1.34 bits per heavy atom. The SMILES string of the molecule is COC(=O)c1nc(Cl)cc(NCc2ccco2)c1Br.COC(=O)c1nc(Cl)cc(NCc2ccco2)c1C. The molecule has 0 saturated heterocycles. The Morgan fingerprint density at radius 3 is 1.84 bits per heavy atom. The van der Waals surface area contributed by atoms with E-state index in [-0.39, 0.29) is 21.7 Å². The van der Waals surface area contributed by atoms with Crippen LogP contribution in [-0.2, 0) is 22.6 Å². The second-order valence-electron chi connectivity index (χ2n) is 7.47. The summed E-state index contributed by atoms with van der Waals surface area (Å²) in [7, 11) is 2.59. The van der Waals surface area contributed by atoms with Crippen molar-refractivity contribution in [2.75, 3.05) is 24.9 Å². The molecule has 0 fully saturated rings. The number of carbonyl (C=O) groups is 2. The van der Waals surface area contributed by atoms with Gasteiger partial charge in [-0.05, 0) is 59.3 Å². The summed E-state index contributed by atoms with van der Waals surface area (Å²) < 4.78 is 20.2. The lowest BCUT2D eigenvalue weighted by atomic mass is 10.1. The zero-order valence-corrected chi connectivity index (χ0v) is 23.6. The molecule has 4 aromatic heterocycles. The van der Waals surface area contributed by atoms with Crippen LogP contribution in [0.25, 0.3) is 0 Å². The van der Waals surface area contributed by atoms with Crippen LogP contribution in [0.3, 0.4) is 0 Å². The molecule has 4 rings (SSSR count). The number of esters is 2. The number of pyridine rings is 2. The third-order valence-electron chi connectivity index (χ3n) is 4.99. The first-order valence-corrected chi connectivity index (χ1v) is 12.5. The Balaban J connectivity index is 0.000000211. The number of hydrogen-bond acceptors (Lipinski definition) is 10. The number of hydrogen-bond donors (Lipinski definition) is 2. The molecule has 0 radical (unpaired) electrons. The molecule has 0 aliphatic rings. The zero-order valence-electron chi connectivity index (χ0n) is 20.5. The maximum absolute atomic E-state index is 11.6. The lowest BCUT2D eigenvalue weighted by molar-refractivity contribution is 0.0584. The van der Waals surface area contributed by atoms with Crippen molar-refractivity contribution >= 4 is 62.4 Å². The third kappa shape index (κ3) is 7.73. The molecule has 4 aromatic rings. The normalized spacial score (nSPS) is 10.3. The summed E-state index contributed by atoms with van der Waals surface area (Å²) in [5.74, 6) is 0.475. The number of halogens is 3. The molecule has 0 amide bonds. The van der Waals surface area contributed by atoms with Gasteiger partial charge in [-0.3, -0.25) is 0 Å². The van der Waals surface area contributed by atoms with Gasteiger partial charge in [0.1, 0.15) is 21.8 Å². The monoisotopic (exact) mass is 624 g/mol. The smallest absolute Gasteiger partial charge is 0.357 e. The molecule has 0 saturated carbocycles. The summed E-state index contributed by atoms with van der Waals surface area (Å²) in [4.78, 5) is 31.0. The van der Waals surface area contributed by atoms with Crippen molar-refractivity contribution in [3.05, 3.63) is 92.2 Å². The first-order valence-electron chi connectivity index (χ1n) is 11.0. The van der Waals surface area contributed by atoms with Gasteiger partial charge in [0.25, 0.3) is 0 Å². The summed E-state index contributed by atoms with van der Waals surface area (Å²) in [6, 6.07) is 10.6. The van der Waals surface area contributed by atoms with Gasteiger partial charge in [-0.1, -0.05) is 23.2 Å². The molecule has 0 aliphatic carbocycles. The number of anilines is 2. The molecule has 0 bridgehead atoms. The molecule has 0 aromatic carbocycles. The molecule has 38 heavy (non-hydrogen) atoms. The summed E-state index contributed by atoms with van der Waals surface area (Å²) >= 11 is 15.1. The first kappa shape index (κ1) is 29.0. The van der Waals surface area contributed by atoms with Gasteiger partial charge in [0.15, 0.2) is 11.4 Å². The van der Waals surface area contributed by atoms with E-state index < -0.39 is 11.9 Å². The fraction of sp³-hybridized carbons (Fsp3) is 0.200. The minimum absolute atomic E-state index is 0.122. The Labute approximate surface area is 236 Å². The highest BCUT2D eigenvalue weighted by molar-refractivity contribution is 9.10. The predicted molar refractivity (Wildman–Crippen MR) is 146 cm³/mol. The van der Waals surface area contributed by atoms with Crippen molar-refractivity contribution in [3.8, 4) is 0 Å². The highest BCUT2D eigenvalue weighted by atomic mass is 79.9. The Kier molecular flexibility index (Phi) is 10.6. The van der Waals surface area contributed by atoms with Gasteiger partial charge in [0.2, 0.25) is 0 Å². The number of aromatic nitrogens is 2. The van der Waals surface area contributed by atoms with Gasteiger partial charge >= 0.3 is 11.9 Å². The molecule has 0 spiro atoms. The zero-order chi connectivity index (χ0) is 27.7. The van der Waals surface area contributed by atoms with Crippen molar-refractivity contribution in [3.63, 3.8) is 0 Å². The van der Waals surface area contributed by atoms with E-state index in [1.165, 1.54) is 14.2 Å². The molecular formula is C25H23BrCl2N4O6. The minimum Gasteiger partial charge on any atom is -0.467 e. The number of furan rings is 2. The van der Waals surface area contributed by atoms with Crippen LogP contribution in [0.15, 0.2) is 62.2 Å². The van der Waals surface area contributed by atoms with E-state index in [9.17, 15) is 9.59 Å². The average molecular weight is 626 g/mol. The van der Waals surface area contributed by atoms with Gasteiger partial charge < -0.3 is 28.9 Å². The summed E-state index contributed by atoms with van der Waals surface area (Å²) in [5.41, 5.74) is 2.37. The minimum atomic E-state index is -0.560. The van der Waals surface area contributed by atoms with Crippen molar-refractivity contribution in [1.29, 1.82) is 0 Å². The molecule has 0 atom stereocenters. The maximum atomic E-state index is 11.6. The second kappa shape index (κ2) is 13.8. The van der Waals surface area contributed by atoms with E-state index >= 15 is 0 Å². The average Bonchev–Trinajstić information content (AvgIpc) is 3.63. The molecule has 0 aliphatic heterocycles. The second-order valence-corrected chi connectivity index (χ2v) is 9.04. The standard InChI is InChI=1S/C13H13ClN2O3.C12H10BrClN2O3/c1-8-10(15-7-9-4-3-5-19-9)6-11(14)16-12(8)13(17)18-2;1-18-12(17)11-10(13)8(5-9(14)16-11)15-6-7-3-2-4-19-7/h3-6H,7H2,1-2H3,(H,15,16);2-5H,6H2,1H3,(H,15,16). The van der Waals surface area contributed by atoms with Crippen LogP contribution < -0.4 is 10.6 Å².